The number of rotatable bonds is 4. The van der Waals surface area contributed by atoms with Crippen molar-refractivity contribution in [1.82, 2.24) is 0 Å². The van der Waals surface area contributed by atoms with E-state index in [1.54, 1.807) is 0 Å². The first-order valence-corrected chi connectivity index (χ1v) is 10.6. The first-order chi connectivity index (χ1) is 13.6. The number of carbonyl (C=O) groups is 1. The van der Waals surface area contributed by atoms with Gasteiger partial charge in [-0.3, -0.25) is 0 Å². The largest absolute Gasteiger partial charge is 0.465 e. The number of hydrogen-bond acceptors (Lipinski definition) is 2. The lowest BCUT2D eigenvalue weighted by atomic mass is 9.62. The van der Waals surface area contributed by atoms with Gasteiger partial charge in [0.15, 0.2) is 0 Å². The van der Waals surface area contributed by atoms with Gasteiger partial charge in [0.05, 0.1) is 12.7 Å². The summed E-state index contributed by atoms with van der Waals surface area (Å²) in [6, 6.07) is 12.5. The van der Waals surface area contributed by atoms with Crippen molar-refractivity contribution >= 4 is 17.6 Å². The number of allylic oxidation sites excluding steroid dienone is 1. The Morgan fingerprint density at radius 1 is 1.00 bits per heavy atom. The first-order valence-electron chi connectivity index (χ1n) is 10.6. The molecule has 1 aliphatic carbocycles. The average molecular weight is 391 g/mol. The highest BCUT2D eigenvalue weighted by Gasteiger charge is 2.37. The summed E-state index contributed by atoms with van der Waals surface area (Å²) in [4.78, 5) is 11.7. The number of carbonyl (C=O) groups excluding carboxylic acids is 1. The minimum atomic E-state index is -0.301. The average Bonchev–Trinajstić information content (AvgIpc) is 2.70. The minimum Gasteiger partial charge on any atom is -0.465 e. The Morgan fingerprint density at radius 3 is 2.07 bits per heavy atom. The molecule has 2 aromatic rings. The van der Waals surface area contributed by atoms with Crippen LogP contribution in [-0.4, -0.2) is 13.1 Å². The molecule has 0 aromatic heterocycles. The van der Waals surface area contributed by atoms with Crippen LogP contribution in [0.25, 0.3) is 11.6 Å². The monoisotopic (exact) mass is 390 g/mol. The quantitative estimate of drug-likeness (QED) is 0.417. The van der Waals surface area contributed by atoms with Crippen molar-refractivity contribution in [2.75, 3.05) is 7.11 Å². The summed E-state index contributed by atoms with van der Waals surface area (Å²) in [6.07, 6.45) is 5.68. The Kier molecular flexibility index (Phi) is 5.76. The molecule has 2 aromatic carbocycles. The second-order valence-corrected chi connectivity index (χ2v) is 9.62. The molecule has 0 heterocycles. The SMILES string of the molecule is CCc1cc2c(cc1C(C)=Cc1ccc(C(=O)OC)cc1)C(C)(C)CCC2(C)C. The predicted molar refractivity (Wildman–Crippen MR) is 122 cm³/mol. The van der Waals surface area contributed by atoms with Crippen molar-refractivity contribution in [2.45, 2.75) is 71.6 Å². The van der Waals surface area contributed by atoms with Crippen molar-refractivity contribution in [3.63, 3.8) is 0 Å². The highest BCUT2D eigenvalue weighted by Crippen LogP contribution is 2.47. The van der Waals surface area contributed by atoms with Crippen molar-refractivity contribution in [1.29, 1.82) is 0 Å². The zero-order valence-electron chi connectivity index (χ0n) is 19.0. The third-order valence-electron chi connectivity index (χ3n) is 6.60. The van der Waals surface area contributed by atoms with Crippen LogP contribution < -0.4 is 0 Å². The van der Waals surface area contributed by atoms with Crippen molar-refractivity contribution in [2.24, 2.45) is 0 Å². The van der Waals surface area contributed by atoms with Crippen molar-refractivity contribution < 1.29 is 9.53 Å². The maximum atomic E-state index is 11.7. The van der Waals surface area contributed by atoms with Crippen molar-refractivity contribution in [3.05, 3.63) is 69.8 Å². The maximum Gasteiger partial charge on any atom is 0.337 e. The zero-order chi connectivity index (χ0) is 21.4. The van der Waals surface area contributed by atoms with Gasteiger partial charge < -0.3 is 4.74 Å². The number of aryl methyl sites for hydroxylation is 1. The molecule has 0 spiro atoms. The zero-order valence-corrected chi connectivity index (χ0v) is 19.0. The van der Waals surface area contributed by atoms with Gasteiger partial charge >= 0.3 is 5.97 Å². The predicted octanol–water partition coefficient (Wildman–Crippen LogP) is 6.95. The third-order valence-corrected chi connectivity index (χ3v) is 6.60. The molecule has 2 heteroatoms. The molecule has 0 saturated heterocycles. The Labute approximate surface area is 176 Å². The van der Waals surface area contributed by atoms with Crippen LogP contribution in [0.2, 0.25) is 0 Å². The number of hydrogen-bond donors (Lipinski definition) is 0. The van der Waals surface area contributed by atoms with Crippen LogP contribution in [-0.2, 0) is 22.0 Å². The molecule has 0 unspecified atom stereocenters. The lowest BCUT2D eigenvalue weighted by Gasteiger charge is -2.42. The smallest absolute Gasteiger partial charge is 0.337 e. The molecule has 2 nitrogen and oxygen atoms in total. The molecule has 29 heavy (non-hydrogen) atoms. The number of ether oxygens (including phenoxy) is 1. The summed E-state index contributed by atoms with van der Waals surface area (Å²) in [7, 11) is 1.41. The van der Waals surface area contributed by atoms with E-state index in [4.69, 9.17) is 4.74 Å². The summed E-state index contributed by atoms with van der Waals surface area (Å²) in [5, 5.41) is 0. The Bertz CT molecular complexity index is 943. The molecule has 0 radical (unpaired) electrons. The van der Waals surface area contributed by atoms with Gasteiger partial charge in [-0.15, -0.1) is 0 Å². The summed E-state index contributed by atoms with van der Waals surface area (Å²) >= 11 is 0. The molecule has 0 amide bonds. The normalized spacial score (nSPS) is 17.6. The summed E-state index contributed by atoms with van der Waals surface area (Å²) in [6.45, 7) is 13.9. The van der Waals surface area contributed by atoms with E-state index in [1.807, 2.05) is 24.3 Å². The van der Waals surface area contributed by atoms with Gasteiger partial charge in [-0.25, -0.2) is 4.79 Å². The summed E-state index contributed by atoms with van der Waals surface area (Å²) in [5.41, 5.74) is 9.13. The molecule has 3 rings (SSSR count). The van der Waals surface area contributed by atoms with Crippen LogP contribution in [0.1, 0.15) is 92.6 Å². The van der Waals surface area contributed by atoms with E-state index in [9.17, 15) is 4.79 Å². The van der Waals surface area contributed by atoms with E-state index in [2.05, 4.69) is 59.8 Å². The van der Waals surface area contributed by atoms with Gasteiger partial charge in [-0.05, 0) is 82.5 Å². The molecule has 0 aliphatic heterocycles. The van der Waals surface area contributed by atoms with E-state index in [-0.39, 0.29) is 16.8 Å². The van der Waals surface area contributed by atoms with Gasteiger partial charge in [-0.1, -0.05) is 65.0 Å². The molecule has 154 valence electrons. The highest BCUT2D eigenvalue weighted by molar-refractivity contribution is 5.90. The number of esters is 1. The Morgan fingerprint density at radius 2 is 1.55 bits per heavy atom. The number of methoxy groups -OCH3 is 1. The number of benzene rings is 2. The van der Waals surface area contributed by atoms with Crippen LogP contribution in [0, 0.1) is 0 Å². The second-order valence-electron chi connectivity index (χ2n) is 9.62. The fourth-order valence-electron chi connectivity index (χ4n) is 4.48. The van der Waals surface area contributed by atoms with Crippen molar-refractivity contribution in [3.8, 4) is 0 Å². The standard InChI is InChI=1S/C27H34O2/c1-8-20-16-23-24(27(5,6)14-13-26(23,3)4)17-22(20)18(2)15-19-9-11-21(12-10-19)25(28)29-7/h9-12,15-17H,8,13-14H2,1-7H3. The lowest BCUT2D eigenvalue weighted by molar-refractivity contribution is 0.0600. The highest BCUT2D eigenvalue weighted by atomic mass is 16.5. The van der Waals surface area contributed by atoms with Gasteiger partial charge in [-0.2, -0.15) is 0 Å². The van der Waals surface area contributed by atoms with Gasteiger partial charge in [0.25, 0.3) is 0 Å². The van der Waals surface area contributed by atoms with Gasteiger partial charge in [0.2, 0.25) is 0 Å². The number of fused-ring (bicyclic) bond motifs is 1. The van der Waals surface area contributed by atoms with E-state index < -0.39 is 0 Å². The second kappa shape index (κ2) is 7.82. The third kappa shape index (κ3) is 4.17. The van der Waals surface area contributed by atoms with E-state index >= 15 is 0 Å². The van der Waals surface area contributed by atoms with Gasteiger partial charge in [0.1, 0.15) is 0 Å². The fraction of sp³-hybridized carbons (Fsp3) is 0.444. The van der Waals surface area contributed by atoms with E-state index in [0.717, 1.165) is 12.0 Å². The minimum absolute atomic E-state index is 0.203. The molecule has 0 N–H and O–H groups in total. The molecule has 0 fully saturated rings. The Hall–Kier alpha value is -2.35. The summed E-state index contributed by atoms with van der Waals surface area (Å²) < 4.78 is 4.79. The summed E-state index contributed by atoms with van der Waals surface area (Å²) in [5.74, 6) is -0.301. The lowest BCUT2D eigenvalue weighted by Crippen LogP contribution is -2.34. The topological polar surface area (TPSA) is 26.3 Å². The molecular weight excluding hydrogens is 356 g/mol. The Balaban J connectivity index is 2.06. The first kappa shape index (κ1) is 21.4. The van der Waals surface area contributed by atoms with Crippen LogP contribution in [0.4, 0.5) is 0 Å². The van der Waals surface area contributed by atoms with Crippen LogP contribution in [0.5, 0.6) is 0 Å². The maximum absolute atomic E-state index is 11.7. The van der Waals surface area contributed by atoms with Crippen LogP contribution in [0.3, 0.4) is 0 Å². The van der Waals surface area contributed by atoms with Crippen LogP contribution >= 0.6 is 0 Å². The molecular formula is C27H34O2. The molecule has 1 aliphatic rings. The van der Waals surface area contributed by atoms with Crippen LogP contribution in [0.15, 0.2) is 36.4 Å². The molecule has 0 atom stereocenters. The van der Waals surface area contributed by atoms with E-state index in [0.29, 0.717) is 5.56 Å². The fourth-order valence-corrected chi connectivity index (χ4v) is 4.48. The van der Waals surface area contributed by atoms with Gasteiger partial charge in [0, 0.05) is 0 Å². The molecule has 0 saturated carbocycles. The van der Waals surface area contributed by atoms with E-state index in [1.165, 1.54) is 47.8 Å². The molecule has 0 bridgehead atoms.